The molecular formula is C13H19NO2. The highest BCUT2D eigenvalue weighted by molar-refractivity contribution is 5.63. The number of hydrogen-bond acceptors (Lipinski definition) is 3. The molecule has 1 aromatic rings. The summed E-state index contributed by atoms with van der Waals surface area (Å²) in [4.78, 5) is 0. The number of rotatable bonds is 4. The van der Waals surface area contributed by atoms with Gasteiger partial charge in [0.25, 0.3) is 0 Å². The molecule has 1 aliphatic heterocycles. The van der Waals surface area contributed by atoms with Gasteiger partial charge in [0.15, 0.2) is 0 Å². The molecule has 2 rings (SSSR count). The first kappa shape index (κ1) is 11.1. The van der Waals surface area contributed by atoms with Crippen molar-refractivity contribution in [2.24, 2.45) is 0 Å². The number of anilines is 1. The maximum atomic E-state index is 5.73. The molecule has 0 aromatic heterocycles. The number of fused-ring (bicyclic) bond motifs is 1. The van der Waals surface area contributed by atoms with Crippen molar-refractivity contribution in [2.75, 3.05) is 18.5 Å². The summed E-state index contributed by atoms with van der Waals surface area (Å²) >= 11 is 0. The first-order chi connectivity index (χ1) is 7.74. The third-order valence-electron chi connectivity index (χ3n) is 2.67. The molecule has 0 fully saturated rings. The Bertz CT molecular complexity index is 341. The van der Waals surface area contributed by atoms with Gasteiger partial charge in [-0.25, -0.2) is 0 Å². The molecule has 1 atom stereocenters. The predicted octanol–water partition coefficient (Wildman–Crippen LogP) is 2.84. The number of hydrogen-bond donors (Lipinski definition) is 1. The van der Waals surface area contributed by atoms with Crippen LogP contribution in [0.15, 0.2) is 12.1 Å². The van der Waals surface area contributed by atoms with Crippen molar-refractivity contribution < 1.29 is 9.47 Å². The van der Waals surface area contributed by atoms with Crippen LogP contribution in [0.2, 0.25) is 0 Å². The Morgan fingerprint density at radius 1 is 1.44 bits per heavy atom. The van der Waals surface area contributed by atoms with E-state index in [1.165, 1.54) is 5.56 Å². The van der Waals surface area contributed by atoms with E-state index < -0.39 is 0 Å². The molecule has 0 bridgehead atoms. The van der Waals surface area contributed by atoms with Crippen molar-refractivity contribution in [1.82, 2.24) is 0 Å². The van der Waals surface area contributed by atoms with Gasteiger partial charge in [0, 0.05) is 24.6 Å². The lowest BCUT2D eigenvalue weighted by atomic mass is 10.1. The average molecular weight is 221 g/mol. The van der Waals surface area contributed by atoms with E-state index in [0.717, 1.165) is 30.2 Å². The van der Waals surface area contributed by atoms with Gasteiger partial charge >= 0.3 is 0 Å². The second-order valence-corrected chi connectivity index (χ2v) is 4.05. The minimum absolute atomic E-state index is 0.279. The molecule has 3 heteroatoms. The van der Waals surface area contributed by atoms with Crippen LogP contribution in [0, 0.1) is 0 Å². The zero-order chi connectivity index (χ0) is 11.5. The fourth-order valence-electron chi connectivity index (χ4n) is 2.04. The van der Waals surface area contributed by atoms with E-state index in [-0.39, 0.29) is 6.10 Å². The van der Waals surface area contributed by atoms with Crippen LogP contribution >= 0.6 is 0 Å². The van der Waals surface area contributed by atoms with Crippen LogP contribution in [0.4, 0.5) is 5.69 Å². The molecular weight excluding hydrogens is 202 g/mol. The van der Waals surface area contributed by atoms with E-state index in [0.29, 0.717) is 6.61 Å². The summed E-state index contributed by atoms with van der Waals surface area (Å²) in [5, 5.41) is 3.30. The minimum Gasteiger partial charge on any atom is -0.492 e. The Hall–Kier alpha value is -1.38. The second kappa shape index (κ2) is 4.64. The van der Waals surface area contributed by atoms with Gasteiger partial charge in [0.2, 0.25) is 0 Å². The predicted molar refractivity (Wildman–Crippen MR) is 65.6 cm³/mol. The molecule has 16 heavy (non-hydrogen) atoms. The van der Waals surface area contributed by atoms with Gasteiger partial charge in [-0.2, -0.15) is 0 Å². The van der Waals surface area contributed by atoms with E-state index in [1.54, 1.807) is 0 Å². The monoisotopic (exact) mass is 221 g/mol. The van der Waals surface area contributed by atoms with Gasteiger partial charge in [0.1, 0.15) is 17.6 Å². The number of nitrogens with one attached hydrogen (secondary N) is 1. The topological polar surface area (TPSA) is 30.5 Å². The van der Waals surface area contributed by atoms with Crippen LogP contribution in [0.1, 0.15) is 26.3 Å². The Labute approximate surface area is 96.8 Å². The molecule has 0 aliphatic carbocycles. The summed E-state index contributed by atoms with van der Waals surface area (Å²) in [7, 11) is 0. The lowest BCUT2D eigenvalue weighted by molar-refractivity contribution is 0.254. The molecule has 88 valence electrons. The van der Waals surface area contributed by atoms with Crippen LogP contribution in [-0.2, 0) is 6.42 Å². The molecule has 1 aliphatic rings. The number of ether oxygens (including phenoxy) is 2. The molecule has 1 heterocycles. The standard InChI is InChI=1S/C13H19NO2/c1-4-14-11-8-12-10(6-9(3)16-12)7-13(11)15-5-2/h7-9,14H,4-6H2,1-3H3. The van der Waals surface area contributed by atoms with Crippen LogP contribution in [0.25, 0.3) is 0 Å². The maximum Gasteiger partial charge on any atom is 0.142 e. The summed E-state index contributed by atoms with van der Waals surface area (Å²) in [5.41, 5.74) is 2.27. The SMILES string of the molecule is CCNc1cc2c(cc1OCC)CC(C)O2. The van der Waals surface area contributed by atoms with Gasteiger partial charge < -0.3 is 14.8 Å². The molecule has 0 radical (unpaired) electrons. The Morgan fingerprint density at radius 3 is 2.94 bits per heavy atom. The first-order valence-electron chi connectivity index (χ1n) is 5.94. The van der Waals surface area contributed by atoms with Gasteiger partial charge in [0.05, 0.1) is 12.3 Å². The lowest BCUT2D eigenvalue weighted by Gasteiger charge is -2.13. The second-order valence-electron chi connectivity index (χ2n) is 4.05. The average Bonchev–Trinajstić information content (AvgIpc) is 2.58. The fourth-order valence-corrected chi connectivity index (χ4v) is 2.04. The van der Waals surface area contributed by atoms with Gasteiger partial charge in [-0.15, -0.1) is 0 Å². The summed E-state index contributed by atoms with van der Waals surface area (Å²) in [6, 6.07) is 4.15. The Kier molecular flexibility index (Phi) is 3.22. The first-order valence-corrected chi connectivity index (χ1v) is 5.94. The van der Waals surface area contributed by atoms with Crippen LogP contribution in [-0.4, -0.2) is 19.3 Å². The molecule has 1 unspecified atom stereocenters. The van der Waals surface area contributed by atoms with Crippen molar-refractivity contribution in [3.05, 3.63) is 17.7 Å². The Morgan fingerprint density at radius 2 is 2.25 bits per heavy atom. The van der Waals surface area contributed by atoms with E-state index in [4.69, 9.17) is 9.47 Å². The Balaban J connectivity index is 2.33. The summed E-state index contributed by atoms with van der Waals surface area (Å²) in [6.07, 6.45) is 1.25. The molecule has 0 saturated carbocycles. The van der Waals surface area contributed by atoms with Crippen molar-refractivity contribution in [1.29, 1.82) is 0 Å². The number of benzene rings is 1. The van der Waals surface area contributed by atoms with Crippen LogP contribution in [0.3, 0.4) is 0 Å². The van der Waals surface area contributed by atoms with Crippen molar-refractivity contribution in [3.63, 3.8) is 0 Å². The smallest absolute Gasteiger partial charge is 0.142 e. The van der Waals surface area contributed by atoms with Gasteiger partial charge in [-0.05, 0) is 26.8 Å². The lowest BCUT2D eigenvalue weighted by Crippen LogP contribution is -2.05. The quantitative estimate of drug-likeness (QED) is 0.848. The third kappa shape index (κ3) is 2.08. The summed E-state index contributed by atoms with van der Waals surface area (Å²) < 4.78 is 11.4. The molecule has 0 spiro atoms. The largest absolute Gasteiger partial charge is 0.492 e. The third-order valence-corrected chi connectivity index (χ3v) is 2.67. The highest BCUT2D eigenvalue weighted by Gasteiger charge is 2.21. The zero-order valence-electron chi connectivity index (χ0n) is 10.2. The maximum absolute atomic E-state index is 5.73. The van der Waals surface area contributed by atoms with Crippen molar-refractivity contribution in [2.45, 2.75) is 33.3 Å². The summed E-state index contributed by atoms with van der Waals surface area (Å²) in [6.45, 7) is 7.74. The molecule has 3 nitrogen and oxygen atoms in total. The van der Waals surface area contributed by atoms with Crippen LogP contribution < -0.4 is 14.8 Å². The summed E-state index contributed by atoms with van der Waals surface area (Å²) in [5.74, 6) is 1.92. The fraction of sp³-hybridized carbons (Fsp3) is 0.538. The molecule has 0 saturated heterocycles. The molecule has 1 N–H and O–H groups in total. The van der Waals surface area contributed by atoms with Gasteiger partial charge in [-0.1, -0.05) is 0 Å². The molecule has 0 amide bonds. The van der Waals surface area contributed by atoms with Gasteiger partial charge in [-0.3, -0.25) is 0 Å². The highest BCUT2D eigenvalue weighted by Crippen LogP contribution is 2.37. The molecule has 1 aromatic carbocycles. The van der Waals surface area contributed by atoms with E-state index in [2.05, 4.69) is 25.2 Å². The highest BCUT2D eigenvalue weighted by atomic mass is 16.5. The van der Waals surface area contributed by atoms with Crippen LogP contribution in [0.5, 0.6) is 11.5 Å². The van der Waals surface area contributed by atoms with E-state index in [9.17, 15) is 0 Å². The van der Waals surface area contributed by atoms with Crippen molar-refractivity contribution in [3.8, 4) is 11.5 Å². The zero-order valence-corrected chi connectivity index (χ0v) is 10.2. The minimum atomic E-state index is 0.279. The van der Waals surface area contributed by atoms with Crippen molar-refractivity contribution >= 4 is 5.69 Å². The van der Waals surface area contributed by atoms with E-state index in [1.807, 2.05) is 13.0 Å². The normalized spacial score (nSPS) is 17.8. The van der Waals surface area contributed by atoms with E-state index >= 15 is 0 Å².